The van der Waals surface area contributed by atoms with Gasteiger partial charge in [-0.2, -0.15) is 5.26 Å². The fraction of sp³-hybridized carbons (Fsp3) is 0.500. The zero-order chi connectivity index (χ0) is 20.6. The Labute approximate surface area is 176 Å². The Balaban J connectivity index is 1.74. The number of likely N-dealkylation sites (tertiary alicyclic amines) is 1. The number of allylic oxidation sites excluding steroid dienone is 1. The summed E-state index contributed by atoms with van der Waals surface area (Å²) in [6.45, 7) is 4.10. The molecular formula is C22H27N3O3S. The first kappa shape index (κ1) is 21.3. The van der Waals surface area contributed by atoms with Gasteiger partial charge in [-0.15, -0.1) is 0 Å². The van der Waals surface area contributed by atoms with Gasteiger partial charge < -0.3 is 15.0 Å². The Kier molecular flexibility index (Phi) is 7.59. The van der Waals surface area contributed by atoms with Crippen molar-refractivity contribution in [2.24, 2.45) is 0 Å². The predicted molar refractivity (Wildman–Crippen MR) is 113 cm³/mol. The summed E-state index contributed by atoms with van der Waals surface area (Å²) in [4.78, 5) is 26.8. The fourth-order valence-electron chi connectivity index (χ4n) is 3.73. The Morgan fingerprint density at radius 2 is 1.93 bits per heavy atom. The average molecular weight is 414 g/mol. The van der Waals surface area contributed by atoms with E-state index >= 15 is 0 Å². The smallest absolute Gasteiger partial charge is 0.232 e. The van der Waals surface area contributed by atoms with Crippen molar-refractivity contribution >= 4 is 23.6 Å². The van der Waals surface area contributed by atoms with Crippen molar-refractivity contribution in [2.45, 2.75) is 44.9 Å². The molecule has 0 unspecified atom stereocenters. The third-order valence-corrected chi connectivity index (χ3v) is 6.25. The highest BCUT2D eigenvalue weighted by molar-refractivity contribution is 8.03. The standard InChI is InChI=1S/C22H27N3O3S/c1-2-28-17-9-7-16(8-10-17)18-13-20(26)24-22(19(18)14-23)29-15-21(27)25-11-5-3-4-6-12-25/h7-10,18H,2-6,11-13,15H2,1H3,(H,24,26)/t18-/m1/s1. The molecule has 0 spiro atoms. The van der Waals surface area contributed by atoms with Crippen LogP contribution < -0.4 is 10.1 Å². The molecule has 7 heteroatoms. The molecule has 1 N–H and O–H groups in total. The van der Waals surface area contributed by atoms with Crippen LogP contribution in [0.25, 0.3) is 0 Å². The maximum absolute atomic E-state index is 12.6. The van der Waals surface area contributed by atoms with Crippen molar-refractivity contribution in [1.29, 1.82) is 5.26 Å². The molecule has 0 saturated carbocycles. The first-order chi connectivity index (χ1) is 14.1. The number of nitrogens with one attached hydrogen (secondary N) is 1. The van der Waals surface area contributed by atoms with E-state index in [1.165, 1.54) is 24.6 Å². The third-order valence-electron chi connectivity index (χ3n) is 5.25. The number of rotatable bonds is 6. The zero-order valence-corrected chi connectivity index (χ0v) is 17.6. The third kappa shape index (κ3) is 5.54. The molecule has 1 fully saturated rings. The summed E-state index contributed by atoms with van der Waals surface area (Å²) in [5, 5.41) is 13.1. The van der Waals surface area contributed by atoms with Gasteiger partial charge in [0.05, 0.1) is 29.0 Å². The lowest BCUT2D eigenvalue weighted by Gasteiger charge is -2.26. The number of hydrogen-bond acceptors (Lipinski definition) is 5. The van der Waals surface area contributed by atoms with Crippen molar-refractivity contribution in [1.82, 2.24) is 10.2 Å². The number of ether oxygens (including phenoxy) is 1. The lowest BCUT2D eigenvalue weighted by atomic mass is 9.87. The summed E-state index contributed by atoms with van der Waals surface area (Å²) >= 11 is 1.26. The molecular weight excluding hydrogens is 386 g/mol. The van der Waals surface area contributed by atoms with E-state index in [-0.39, 0.29) is 29.9 Å². The quantitative estimate of drug-likeness (QED) is 0.771. The molecule has 154 valence electrons. The highest BCUT2D eigenvalue weighted by atomic mass is 32.2. The molecule has 3 rings (SSSR count). The Morgan fingerprint density at radius 3 is 2.55 bits per heavy atom. The fourth-order valence-corrected chi connectivity index (χ4v) is 4.71. The van der Waals surface area contributed by atoms with E-state index in [0.29, 0.717) is 17.2 Å². The number of hydrogen-bond donors (Lipinski definition) is 1. The molecule has 0 aliphatic carbocycles. The minimum Gasteiger partial charge on any atom is -0.494 e. The molecule has 0 bridgehead atoms. The van der Waals surface area contributed by atoms with Crippen molar-refractivity contribution < 1.29 is 14.3 Å². The van der Waals surface area contributed by atoms with E-state index in [0.717, 1.165) is 37.2 Å². The second-order valence-electron chi connectivity index (χ2n) is 7.25. The number of nitriles is 1. The number of carbonyl (C=O) groups is 2. The van der Waals surface area contributed by atoms with Gasteiger partial charge in [-0.1, -0.05) is 36.7 Å². The van der Waals surface area contributed by atoms with E-state index in [9.17, 15) is 14.9 Å². The summed E-state index contributed by atoms with van der Waals surface area (Å²) in [6.07, 6.45) is 4.64. The maximum atomic E-state index is 12.6. The van der Waals surface area contributed by atoms with Crippen LogP contribution in [0.5, 0.6) is 5.75 Å². The minimum atomic E-state index is -0.305. The van der Waals surface area contributed by atoms with E-state index in [2.05, 4.69) is 11.4 Å². The molecule has 1 aromatic rings. The zero-order valence-electron chi connectivity index (χ0n) is 16.8. The molecule has 2 amide bonds. The van der Waals surface area contributed by atoms with Crippen molar-refractivity contribution in [3.05, 3.63) is 40.4 Å². The number of amides is 2. The molecule has 2 aliphatic rings. The van der Waals surface area contributed by atoms with Gasteiger partial charge in [0.15, 0.2) is 0 Å². The second-order valence-corrected chi connectivity index (χ2v) is 8.23. The van der Waals surface area contributed by atoms with Gasteiger partial charge in [-0.05, 0) is 37.5 Å². The Morgan fingerprint density at radius 1 is 1.24 bits per heavy atom. The van der Waals surface area contributed by atoms with Gasteiger partial charge in [-0.25, -0.2) is 0 Å². The molecule has 6 nitrogen and oxygen atoms in total. The summed E-state index contributed by atoms with van der Waals surface area (Å²) in [6, 6.07) is 9.78. The lowest BCUT2D eigenvalue weighted by Crippen LogP contribution is -2.35. The van der Waals surface area contributed by atoms with Crippen LogP contribution in [0.1, 0.15) is 50.5 Å². The van der Waals surface area contributed by atoms with Crippen LogP contribution in [0, 0.1) is 11.3 Å². The van der Waals surface area contributed by atoms with Crippen LogP contribution in [0.4, 0.5) is 0 Å². The van der Waals surface area contributed by atoms with E-state index in [1.54, 1.807) is 0 Å². The summed E-state index contributed by atoms with van der Waals surface area (Å²) in [5.74, 6) is 0.625. The molecule has 2 heterocycles. The van der Waals surface area contributed by atoms with Gasteiger partial charge in [0.25, 0.3) is 0 Å². The first-order valence-corrected chi connectivity index (χ1v) is 11.2. The highest BCUT2D eigenvalue weighted by Crippen LogP contribution is 2.36. The van der Waals surface area contributed by atoms with E-state index in [1.807, 2.05) is 36.1 Å². The number of benzene rings is 1. The second kappa shape index (κ2) is 10.4. The van der Waals surface area contributed by atoms with Crippen molar-refractivity contribution in [2.75, 3.05) is 25.4 Å². The van der Waals surface area contributed by atoms with E-state index in [4.69, 9.17) is 4.74 Å². The van der Waals surface area contributed by atoms with Crippen molar-refractivity contribution in [3.63, 3.8) is 0 Å². The van der Waals surface area contributed by atoms with Gasteiger partial charge in [0, 0.05) is 25.4 Å². The van der Waals surface area contributed by atoms with Gasteiger partial charge in [0.2, 0.25) is 11.8 Å². The largest absolute Gasteiger partial charge is 0.494 e. The number of carbonyl (C=O) groups excluding carboxylic acids is 2. The molecule has 1 atom stereocenters. The average Bonchev–Trinajstić information content (AvgIpc) is 3.02. The van der Waals surface area contributed by atoms with E-state index < -0.39 is 0 Å². The summed E-state index contributed by atoms with van der Waals surface area (Å²) in [5.41, 5.74) is 1.42. The molecule has 0 aromatic heterocycles. The SMILES string of the molecule is CCOc1ccc([C@H]2CC(=O)NC(SCC(=O)N3CCCCCC3)=C2C#N)cc1. The summed E-state index contributed by atoms with van der Waals surface area (Å²) in [7, 11) is 0. The highest BCUT2D eigenvalue weighted by Gasteiger charge is 2.30. The van der Waals surface area contributed by atoms with Gasteiger partial charge >= 0.3 is 0 Å². The van der Waals surface area contributed by atoms with Crippen LogP contribution in [-0.4, -0.2) is 42.2 Å². The van der Waals surface area contributed by atoms with Gasteiger partial charge in [-0.3, -0.25) is 9.59 Å². The lowest BCUT2D eigenvalue weighted by molar-refractivity contribution is -0.128. The Hall–Kier alpha value is -2.46. The predicted octanol–water partition coefficient (Wildman–Crippen LogP) is 3.56. The number of thioether (sulfide) groups is 1. The summed E-state index contributed by atoms with van der Waals surface area (Å²) < 4.78 is 5.47. The molecule has 1 aromatic carbocycles. The van der Waals surface area contributed by atoms with Crippen LogP contribution in [0.3, 0.4) is 0 Å². The maximum Gasteiger partial charge on any atom is 0.232 e. The Bertz CT molecular complexity index is 806. The molecule has 0 radical (unpaired) electrons. The monoisotopic (exact) mass is 413 g/mol. The molecule has 29 heavy (non-hydrogen) atoms. The molecule has 2 aliphatic heterocycles. The number of nitrogens with zero attached hydrogens (tertiary/aromatic N) is 2. The normalized spacial score (nSPS) is 19.9. The van der Waals surface area contributed by atoms with Crippen LogP contribution in [0.15, 0.2) is 34.9 Å². The minimum absolute atomic E-state index is 0.0686. The van der Waals surface area contributed by atoms with Crippen molar-refractivity contribution in [3.8, 4) is 11.8 Å². The topological polar surface area (TPSA) is 82.4 Å². The van der Waals surface area contributed by atoms with Crippen LogP contribution in [0.2, 0.25) is 0 Å². The molecule has 1 saturated heterocycles. The van der Waals surface area contributed by atoms with Crippen LogP contribution >= 0.6 is 11.8 Å². The van der Waals surface area contributed by atoms with Crippen LogP contribution in [-0.2, 0) is 9.59 Å². The first-order valence-electron chi connectivity index (χ1n) is 10.2. The van der Waals surface area contributed by atoms with Gasteiger partial charge in [0.1, 0.15) is 5.75 Å².